The van der Waals surface area contributed by atoms with Crippen molar-refractivity contribution in [1.82, 2.24) is 9.88 Å². The summed E-state index contributed by atoms with van der Waals surface area (Å²) in [4.78, 5) is 61.1. The fourth-order valence-corrected chi connectivity index (χ4v) is 4.04. The first-order chi connectivity index (χ1) is 20.2. The Bertz CT molecular complexity index is 1580. The highest BCUT2D eigenvalue weighted by atomic mass is 19.2. The van der Waals surface area contributed by atoms with Crippen molar-refractivity contribution in [3.05, 3.63) is 82.3 Å². The van der Waals surface area contributed by atoms with Crippen molar-refractivity contribution in [3.63, 3.8) is 0 Å². The molecule has 2 amide bonds. The Labute approximate surface area is 242 Å². The second kappa shape index (κ2) is 13.8. The summed E-state index contributed by atoms with van der Waals surface area (Å²) in [5.41, 5.74) is 1.96. The van der Waals surface area contributed by atoms with E-state index in [1.165, 1.54) is 36.4 Å². The number of carbonyl (C=O) groups excluding carboxylic acids is 3. The molecule has 10 nitrogen and oxygen atoms in total. The fourth-order valence-electron chi connectivity index (χ4n) is 4.04. The van der Waals surface area contributed by atoms with Crippen LogP contribution in [0, 0.1) is 29.2 Å². The molecule has 2 aliphatic carbocycles. The Morgan fingerprint density at radius 1 is 0.953 bits per heavy atom. The zero-order chi connectivity index (χ0) is 32.0. The van der Waals surface area contributed by atoms with Gasteiger partial charge in [-0.25, -0.2) is 8.78 Å². The second-order valence-electron chi connectivity index (χ2n) is 9.80. The Balaban J connectivity index is 0.000000734. The highest BCUT2D eigenvalue weighted by Gasteiger charge is 2.32. The van der Waals surface area contributed by atoms with Gasteiger partial charge in [0.15, 0.2) is 23.2 Å². The number of hydrogen-bond donors (Lipinski definition) is 3. The van der Waals surface area contributed by atoms with E-state index in [4.69, 9.17) is 5.11 Å². The predicted octanol–water partition coefficient (Wildman–Crippen LogP) is 3.83. The van der Waals surface area contributed by atoms with Gasteiger partial charge < -0.3 is 25.0 Å². The summed E-state index contributed by atoms with van der Waals surface area (Å²) in [5, 5.41) is 13.6. The van der Waals surface area contributed by atoms with Crippen LogP contribution in [0.5, 0.6) is 5.75 Å². The first-order valence-corrected chi connectivity index (χ1v) is 12.8. The average molecular weight is 606 g/mol. The normalized spacial score (nSPS) is 12.4. The summed E-state index contributed by atoms with van der Waals surface area (Å²) in [6.07, 6.45) is 0.265. The van der Waals surface area contributed by atoms with Gasteiger partial charge in [-0.15, -0.1) is 0 Å². The highest BCUT2D eigenvalue weighted by molar-refractivity contribution is 5.94. The minimum absolute atomic E-state index is 0.0677. The van der Waals surface area contributed by atoms with Gasteiger partial charge in [-0.2, -0.15) is 8.78 Å². The number of pyridine rings is 1. The lowest BCUT2D eigenvalue weighted by atomic mass is 10.0. The van der Waals surface area contributed by atoms with Crippen molar-refractivity contribution >= 4 is 29.3 Å². The molecule has 14 heteroatoms. The number of hydrogen-bond acceptors (Lipinski definition) is 6. The topological polar surface area (TPSA) is 144 Å². The lowest BCUT2D eigenvalue weighted by Crippen LogP contribution is -2.49. The summed E-state index contributed by atoms with van der Waals surface area (Å²) >= 11 is 0. The molecule has 0 fully saturated rings. The minimum Gasteiger partial charge on any atom is -0.481 e. The van der Waals surface area contributed by atoms with Crippen LogP contribution in [-0.4, -0.2) is 45.9 Å². The van der Waals surface area contributed by atoms with Crippen molar-refractivity contribution in [2.75, 3.05) is 11.9 Å². The molecule has 228 valence electrons. The van der Waals surface area contributed by atoms with E-state index in [0.29, 0.717) is 0 Å². The van der Waals surface area contributed by atoms with Crippen LogP contribution in [0.3, 0.4) is 0 Å². The molecule has 2 aliphatic rings. The number of fused-ring (bicyclic) bond motifs is 1. The van der Waals surface area contributed by atoms with Crippen molar-refractivity contribution < 1.29 is 46.6 Å². The maximum atomic E-state index is 13.8. The number of halogens is 4. The molecule has 1 heterocycles. The second-order valence-corrected chi connectivity index (χ2v) is 9.80. The molecule has 0 aliphatic heterocycles. The highest BCUT2D eigenvalue weighted by Crippen LogP contribution is 2.32. The third-order valence-electron chi connectivity index (χ3n) is 6.11. The maximum Gasteiger partial charge on any atom is 0.305 e. The Kier molecular flexibility index (Phi) is 10.4. The molecule has 0 spiro atoms. The monoisotopic (exact) mass is 605 g/mol. The van der Waals surface area contributed by atoms with E-state index in [9.17, 15) is 41.5 Å². The first-order valence-electron chi connectivity index (χ1n) is 12.8. The molecule has 2 atom stereocenters. The van der Waals surface area contributed by atoms with Gasteiger partial charge in [-0.05, 0) is 35.2 Å². The molecule has 4 rings (SSSR count). The summed E-state index contributed by atoms with van der Waals surface area (Å²) in [6.45, 7) is 3.04. The zero-order valence-electron chi connectivity index (χ0n) is 23.1. The third-order valence-corrected chi connectivity index (χ3v) is 6.11. The fraction of sp³-hybridized carbons (Fsp3) is 0.276. The van der Waals surface area contributed by atoms with E-state index in [0.717, 1.165) is 4.57 Å². The van der Waals surface area contributed by atoms with Gasteiger partial charge in [0.1, 0.15) is 24.4 Å². The zero-order valence-corrected chi connectivity index (χ0v) is 23.1. The van der Waals surface area contributed by atoms with Crippen molar-refractivity contribution in [1.29, 1.82) is 0 Å². The van der Waals surface area contributed by atoms with Crippen molar-refractivity contribution in [2.45, 2.75) is 39.3 Å². The third kappa shape index (κ3) is 8.27. The quantitative estimate of drug-likeness (QED) is 0.174. The molecule has 0 radical (unpaired) electrons. The minimum atomic E-state index is -1.91. The number of carboxylic acids is 1. The number of carbonyl (C=O) groups is 4. The molecule has 1 aromatic heterocycles. The van der Waals surface area contributed by atoms with Crippen molar-refractivity contribution in [3.8, 4) is 16.9 Å². The molecule has 0 bridgehead atoms. The van der Waals surface area contributed by atoms with E-state index in [1.807, 2.05) is 0 Å². The number of carboxylic acid groups (broad SMARTS) is 1. The molecule has 2 unspecified atom stereocenters. The van der Waals surface area contributed by atoms with Crippen LogP contribution < -0.4 is 20.9 Å². The van der Waals surface area contributed by atoms with Crippen LogP contribution in [-0.2, 0) is 19.2 Å². The van der Waals surface area contributed by atoms with Gasteiger partial charge in [-0.3, -0.25) is 24.0 Å². The van der Waals surface area contributed by atoms with E-state index in [1.54, 1.807) is 13.8 Å². The maximum absolute atomic E-state index is 13.8. The molecule has 2 aromatic rings. The van der Waals surface area contributed by atoms with Crippen LogP contribution >= 0.6 is 0 Å². The van der Waals surface area contributed by atoms with E-state index >= 15 is 0 Å². The van der Waals surface area contributed by atoms with Gasteiger partial charge in [0.05, 0.1) is 6.42 Å². The SMILES string of the molecule is CC(=O)Nc1cccn(C(C(=O)NC(CC(=O)O)C(=O)COc2c(F)c(F)cc(F)c2F)C(C)C)c1=O.c1cc2cc-2c1. The summed E-state index contributed by atoms with van der Waals surface area (Å²) in [6, 6.07) is 8.02. The Morgan fingerprint density at radius 3 is 2.02 bits per heavy atom. The molecule has 3 N–H and O–H groups in total. The number of ketones is 1. The largest absolute Gasteiger partial charge is 0.481 e. The van der Waals surface area contributed by atoms with Gasteiger partial charge in [0, 0.05) is 19.2 Å². The number of rotatable bonds is 11. The molecule has 0 saturated carbocycles. The van der Waals surface area contributed by atoms with Crippen LogP contribution in [0.2, 0.25) is 0 Å². The number of nitrogens with zero attached hydrogens (tertiary/aromatic N) is 1. The first kappa shape index (κ1) is 32.5. The summed E-state index contributed by atoms with van der Waals surface area (Å²) in [7, 11) is 0. The van der Waals surface area contributed by atoms with Crippen LogP contribution in [0.15, 0.2) is 53.5 Å². The number of Topliss-reactive ketones (excluding diaryl/α,β-unsaturated/α-hetero) is 1. The van der Waals surface area contributed by atoms with E-state index in [2.05, 4.69) is 39.6 Å². The van der Waals surface area contributed by atoms with Gasteiger partial charge >= 0.3 is 5.97 Å². The number of anilines is 1. The lowest BCUT2D eigenvalue weighted by Gasteiger charge is -2.25. The van der Waals surface area contributed by atoms with E-state index < -0.39 is 89.2 Å². The Hall–Kier alpha value is -5.01. The molecule has 1 aromatic carbocycles. The van der Waals surface area contributed by atoms with Crippen LogP contribution in [0.1, 0.15) is 33.2 Å². The number of nitrogens with one attached hydrogen (secondary N) is 2. The number of amides is 2. The van der Waals surface area contributed by atoms with Crippen LogP contribution in [0.25, 0.3) is 11.1 Å². The van der Waals surface area contributed by atoms with Crippen LogP contribution in [0.4, 0.5) is 23.2 Å². The summed E-state index contributed by atoms with van der Waals surface area (Å²) < 4.78 is 59.9. The molecular formula is C29H27F4N3O7. The number of aromatic nitrogens is 1. The lowest BCUT2D eigenvalue weighted by molar-refractivity contribution is -0.141. The predicted molar refractivity (Wildman–Crippen MR) is 145 cm³/mol. The molecular weight excluding hydrogens is 578 g/mol. The van der Waals surface area contributed by atoms with Gasteiger partial charge in [-0.1, -0.05) is 32.0 Å². The van der Waals surface area contributed by atoms with E-state index in [-0.39, 0.29) is 11.8 Å². The summed E-state index contributed by atoms with van der Waals surface area (Å²) in [5.74, 6) is -13.8. The number of benzene rings is 2. The van der Waals surface area contributed by atoms with Gasteiger partial charge in [0.25, 0.3) is 5.56 Å². The van der Waals surface area contributed by atoms with Gasteiger partial charge in [0.2, 0.25) is 23.4 Å². The number of ether oxygens (including phenoxy) is 1. The van der Waals surface area contributed by atoms with Crippen molar-refractivity contribution in [2.24, 2.45) is 5.92 Å². The standard InChI is InChI=1S/C23H23F4N3O7.C6H4/c1-10(2)20(30-6-4-5-14(23(30)36)28-11(3)31)22(35)29-15(8-17(33)34)16(32)9-37-21-18(26)12(24)7-13(25)19(21)27;1-2-5-4-6(5)3-1/h4-7,10,15,20H,8-9H2,1-3H3,(H,28,31)(H,29,35)(H,33,34);1-4H. The average Bonchev–Trinajstić information content (AvgIpc) is 3.52. The molecule has 0 saturated heterocycles. The smallest absolute Gasteiger partial charge is 0.305 e. The molecule has 43 heavy (non-hydrogen) atoms. The Morgan fingerprint density at radius 2 is 1.56 bits per heavy atom. The number of aliphatic carboxylic acids is 1.